The number of ketones is 1. The number of phenols is 2. The van der Waals surface area contributed by atoms with Crippen LogP contribution in [0.5, 0.6) is 11.5 Å². The summed E-state index contributed by atoms with van der Waals surface area (Å²) in [7, 11) is 0. The second-order valence-electron chi connectivity index (χ2n) is 7.33. The SMILES string of the molecule is O=C(CCc1ccccc1)C1=C(O)C(=O)N(c2ccccc2O)C1c1ccc(O)cc1. The fraction of sp³-hybridized carbons (Fsp3) is 0.120. The van der Waals surface area contributed by atoms with Crippen LogP contribution in [-0.4, -0.2) is 27.0 Å². The average molecular weight is 415 g/mol. The predicted octanol–water partition coefficient (Wildman–Crippen LogP) is 4.20. The van der Waals surface area contributed by atoms with E-state index in [1.54, 1.807) is 30.3 Å². The van der Waals surface area contributed by atoms with Crippen LogP contribution >= 0.6 is 0 Å². The molecule has 0 radical (unpaired) electrons. The zero-order valence-electron chi connectivity index (χ0n) is 16.6. The lowest BCUT2D eigenvalue weighted by atomic mass is 9.93. The molecule has 6 heteroatoms. The predicted molar refractivity (Wildman–Crippen MR) is 116 cm³/mol. The van der Waals surface area contributed by atoms with E-state index in [0.717, 1.165) is 5.56 Å². The van der Waals surface area contributed by atoms with Gasteiger partial charge in [0.05, 0.1) is 17.3 Å². The number of phenolic OH excluding ortho intramolecular Hbond substituents is 2. The molecular weight excluding hydrogens is 394 g/mol. The minimum Gasteiger partial charge on any atom is -0.508 e. The Bertz CT molecular complexity index is 1150. The van der Waals surface area contributed by atoms with E-state index in [0.29, 0.717) is 12.0 Å². The first-order chi connectivity index (χ1) is 15.0. The number of carbonyl (C=O) groups excluding carboxylic acids is 2. The summed E-state index contributed by atoms with van der Waals surface area (Å²) in [4.78, 5) is 27.4. The molecule has 0 bridgehead atoms. The maximum Gasteiger partial charge on any atom is 0.294 e. The molecule has 6 nitrogen and oxygen atoms in total. The molecular formula is C25H21NO5. The van der Waals surface area contributed by atoms with Gasteiger partial charge in [-0.25, -0.2) is 0 Å². The molecule has 0 saturated heterocycles. The molecule has 1 aliphatic heterocycles. The number of amides is 1. The van der Waals surface area contributed by atoms with Gasteiger partial charge in [-0.1, -0.05) is 54.6 Å². The van der Waals surface area contributed by atoms with Gasteiger partial charge in [-0.15, -0.1) is 0 Å². The Morgan fingerprint density at radius 3 is 2.16 bits per heavy atom. The number of aliphatic hydroxyl groups is 1. The number of benzene rings is 3. The Balaban J connectivity index is 1.74. The van der Waals surface area contributed by atoms with Gasteiger partial charge in [-0.05, 0) is 41.8 Å². The van der Waals surface area contributed by atoms with Crippen molar-refractivity contribution in [3.8, 4) is 11.5 Å². The lowest BCUT2D eigenvalue weighted by Crippen LogP contribution is -2.31. The molecule has 4 rings (SSSR count). The molecule has 1 heterocycles. The summed E-state index contributed by atoms with van der Waals surface area (Å²) in [6, 6.07) is 20.9. The molecule has 0 aliphatic carbocycles. The number of Topliss-reactive ketones (excluding diaryl/α,β-unsaturated/α-hetero) is 1. The maximum absolute atomic E-state index is 13.2. The largest absolute Gasteiger partial charge is 0.508 e. The topological polar surface area (TPSA) is 98.1 Å². The number of para-hydroxylation sites is 2. The highest BCUT2D eigenvalue weighted by Gasteiger charge is 2.44. The van der Waals surface area contributed by atoms with Crippen LogP contribution in [0.1, 0.15) is 23.6 Å². The average Bonchev–Trinajstić information content (AvgIpc) is 3.04. The number of hydrogen-bond donors (Lipinski definition) is 3. The van der Waals surface area contributed by atoms with Crippen LogP contribution in [0.3, 0.4) is 0 Å². The minimum atomic E-state index is -0.926. The second-order valence-corrected chi connectivity index (χ2v) is 7.33. The molecule has 3 N–H and O–H groups in total. The summed E-state index contributed by atoms with van der Waals surface area (Å²) in [5, 5.41) is 30.7. The number of hydrogen-bond acceptors (Lipinski definition) is 5. The van der Waals surface area contributed by atoms with Gasteiger partial charge >= 0.3 is 0 Å². The first kappa shape index (κ1) is 20.2. The van der Waals surface area contributed by atoms with Gasteiger partial charge in [0.15, 0.2) is 11.5 Å². The van der Waals surface area contributed by atoms with E-state index in [4.69, 9.17) is 0 Å². The number of carbonyl (C=O) groups is 2. The molecule has 0 saturated carbocycles. The minimum absolute atomic E-state index is 0.0186. The van der Waals surface area contributed by atoms with Crippen molar-refractivity contribution in [2.45, 2.75) is 18.9 Å². The lowest BCUT2D eigenvalue weighted by molar-refractivity contribution is -0.118. The number of aromatic hydroxyl groups is 2. The Morgan fingerprint density at radius 2 is 1.48 bits per heavy atom. The van der Waals surface area contributed by atoms with Gasteiger partial charge in [0.25, 0.3) is 5.91 Å². The monoisotopic (exact) mass is 415 g/mol. The summed E-state index contributed by atoms with van der Waals surface area (Å²) in [5.41, 5.74) is 1.67. The van der Waals surface area contributed by atoms with Crippen molar-refractivity contribution < 1.29 is 24.9 Å². The van der Waals surface area contributed by atoms with Crippen molar-refractivity contribution in [1.82, 2.24) is 0 Å². The quantitative estimate of drug-likeness (QED) is 0.561. The summed E-state index contributed by atoms with van der Waals surface area (Å²) in [6.07, 6.45) is 0.573. The van der Waals surface area contributed by atoms with E-state index in [2.05, 4.69) is 0 Å². The molecule has 1 amide bonds. The Kier molecular flexibility index (Phi) is 5.45. The van der Waals surface area contributed by atoms with Crippen LogP contribution in [0.25, 0.3) is 0 Å². The molecule has 0 spiro atoms. The first-order valence-corrected chi connectivity index (χ1v) is 9.88. The Hall–Kier alpha value is -4.06. The van der Waals surface area contributed by atoms with Crippen LogP contribution in [0, 0.1) is 0 Å². The van der Waals surface area contributed by atoms with E-state index in [-0.39, 0.29) is 35.0 Å². The van der Waals surface area contributed by atoms with Gasteiger partial charge in [0.1, 0.15) is 11.5 Å². The zero-order valence-corrected chi connectivity index (χ0v) is 16.6. The molecule has 3 aromatic carbocycles. The molecule has 3 aromatic rings. The van der Waals surface area contributed by atoms with E-state index < -0.39 is 17.7 Å². The third-order valence-corrected chi connectivity index (χ3v) is 5.34. The zero-order chi connectivity index (χ0) is 22.0. The Morgan fingerprint density at radius 1 is 0.839 bits per heavy atom. The third-order valence-electron chi connectivity index (χ3n) is 5.34. The van der Waals surface area contributed by atoms with Gasteiger partial charge in [-0.2, -0.15) is 0 Å². The highest BCUT2D eigenvalue weighted by molar-refractivity contribution is 6.17. The summed E-state index contributed by atoms with van der Waals surface area (Å²) in [6.45, 7) is 0. The van der Waals surface area contributed by atoms with Crippen molar-refractivity contribution >= 4 is 17.4 Å². The molecule has 1 unspecified atom stereocenters. The van der Waals surface area contributed by atoms with Gasteiger partial charge < -0.3 is 15.3 Å². The number of aryl methyl sites for hydroxylation is 1. The van der Waals surface area contributed by atoms with Crippen molar-refractivity contribution in [1.29, 1.82) is 0 Å². The van der Waals surface area contributed by atoms with Gasteiger partial charge in [-0.3, -0.25) is 14.5 Å². The normalized spacial score (nSPS) is 16.1. The summed E-state index contributed by atoms with van der Waals surface area (Å²) >= 11 is 0. The molecule has 0 aromatic heterocycles. The smallest absolute Gasteiger partial charge is 0.294 e. The van der Waals surface area contributed by atoms with E-state index >= 15 is 0 Å². The third kappa shape index (κ3) is 3.88. The van der Waals surface area contributed by atoms with E-state index in [9.17, 15) is 24.9 Å². The molecule has 1 aliphatic rings. The molecule has 1 atom stereocenters. The number of nitrogens with zero attached hydrogens (tertiary/aromatic N) is 1. The maximum atomic E-state index is 13.2. The standard InChI is InChI=1S/C25H21NO5/c27-18-13-11-17(12-14-18)23-22(21(29)15-10-16-6-2-1-3-7-16)24(30)25(31)26(23)19-8-4-5-9-20(19)28/h1-9,11-14,23,27-28,30H,10,15H2. The molecule has 31 heavy (non-hydrogen) atoms. The van der Waals surface area contributed by atoms with Crippen molar-refractivity contribution in [3.05, 3.63) is 101 Å². The van der Waals surface area contributed by atoms with Crippen molar-refractivity contribution in [2.24, 2.45) is 0 Å². The Labute approximate surface area is 179 Å². The number of aliphatic hydroxyl groups excluding tert-OH is 1. The van der Waals surface area contributed by atoms with E-state index in [1.165, 1.54) is 23.1 Å². The van der Waals surface area contributed by atoms with Crippen LogP contribution in [0.15, 0.2) is 90.2 Å². The van der Waals surface area contributed by atoms with Crippen LogP contribution in [0.2, 0.25) is 0 Å². The summed E-state index contributed by atoms with van der Waals surface area (Å²) < 4.78 is 0. The van der Waals surface area contributed by atoms with E-state index in [1.807, 2.05) is 30.3 Å². The van der Waals surface area contributed by atoms with Crippen molar-refractivity contribution in [3.63, 3.8) is 0 Å². The number of anilines is 1. The fourth-order valence-corrected chi connectivity index (χ4v) is 3.82. The van der Waals surface area contributed by atoms with Crippen LogP contribution in [0.4, 0.5) is 5.69 Å². The van der Waals surface area contributed by atoms with Gasteiger partial charge in [0, 0.05) is 6.42 Å². The fourth-order valence-electron chi connectivity index (χ4n) is 3.82. The number of rotatable bonds is 6. The van der Waals surface area contributed by atoms with Crippen LogP contribution in [-0.2, 0) is 16.0 Å². The summed E-state index contributed by atoms with van der Waals surface area (Å²) in [5.74, 6) is -1.86. The molecule has 156 valence electrons. The van der Waals surface area contributed by atoms with Crippen molar-refractivity contribution in [2.75, 3.05) is 4.90 Å². The molecule has 0 fully saturated rings. The lowest BCUT2D eigenvalue weighted by Gasteiger charge is -2.27. The highest BCUT2D eigenvalue weighted by atomic mass is 16.3. The second kappa shape index (κ2) is 8.36. The van der Waals surface area contributed by atoms with Gasteiger partial charge in [0.2, 0.25) is 0 Å². The first-order valence-electron chi connectivity index (χ1n) is 9.88. The highest BCUT2D eigenvalue weighted by Crippen LogP contribution is 2.44. The van der Waals surface area contributed by atoms with Crippen LogP contribution < -0.4 is 4.90 Å².